The number of H-pyrrole nitrogens is 1. The van der Waals surface area contributed by atoms with Crippen molar-refractivity contribution in [3.05, 3.63) is 104 Å². The zero-order valence-corrected chi connectivity index (χ0v) is 22.2. The van der Waals surface area contributed by atoms with E-state index < -0.39 is 41.3 Å². The predicted octanol–water partition coefficient (Wildman–Crippen LogP) is 2.59. The molecule has 3 N–H and O–H groups in total. The molecule has 1 aliphatic rings. The largest absolute Gasteiger partial charge is 0.455 e. The van der Waals surface area contributed by atoms with Crippen LogP contribution in [0.3, 0.4) is 0 Å². The average molecular weight is 538 g/mol. The Morgan fingerprint density at radius 2 is 1.69 bits per heavy atom. The van der Waals surface area contributed by atoms with Gasteiger partial charge in [0, 0.05) is 18.7 Å². The molecular formula is C29H35N3O7. The van der Waals surface area contributed by atoms with Crippen LogP contribution in [0.25, 0.3) is 0 Å². The number of carbonyl (C=O) groups excluding carboxylic acids is 1. The number of hydrogen-bond acceptors (Lipinski definition) is 8. The van der Waals surface area contributed by atoms with Gasteiger partial charge in [-0.05, 0) is 37.4 Å². The summed E-state index contributed by atoms with van der Waals surface area (Å²) in [6.07, 6.45) is -0.501. The van der Waals surface area contributed by atoms with Crippen molar-refractivity contribution < 1.29 is 23.7 Å². The fourth-order valence-corrected chi connectivity index (χ4v) is 4.84. The first-order chi connectivity index (χ1) is 18.8. The first-order valence-corrected chi connectivity index (χ1v) is 13.0. The van der Waals surface area contributed by atoms with E-state index in [0.717, 1.165) is 11.1 Å². The lowest BCUT2D eigenvalue weighted by atomic mass is 9.90. The Balaban J connectivity index is 1.74. The topological polar surface area (TPSA) is 135 Å². The molecule has 39 heavy (non-hydrogen) atoms. The van der Waals surface area contributed by atoms with Gasteiger partial charge >= 0.3 is 11.7 Å². The monoisotopic (exact) mass is 537 g/mol. The molecule has 2 heterocycles. The summed E-state index contributed by atoms with van der Waals surface area (Å²) in [5.41, 5.74) is 5.80. The van der Waals surface area contributed by atoms with Crippen molar-refractivity contribution in [1.82, 2.24) is 9.55 Å². The Bertz CT molecular complexity index is 1340. The third kappa shape index (κ3) is 6.90. The fourth-order valence-electron chi connectivity index (χ4n) is 4.84. The number of esters is 1. The highest BCUT2D eigenvalue weighted by Crippen LogP contribution is 2.44. The third-order valence-corrected chi connectivity index (χ3v) is 6.71. The maximum absolute atomic E-state index is 12.9. The van der Waals surface area contributed by atoms with Gasteiger partial charge in [-0.25, -0.2) is 4.79 Å². The molecule has 0 spiro atoms. The van der Waals surface area contributed by atoms with E-state index in [9.17, 15) is 14.4 Å². The Morgan fingerprint density at radius 1 is 1.05 bits per heavy atom. The second-order valence-electron chi connectivity index (χ2n) is 9.71. The van der Waals surface area contributed by atoms with E-state index in [0.29, 0.717) is 31.6 Å². The summed E-state index contributed by atoms with van der Waals surface area (Å²) < 4.78 is 26.3. The highest BCUT2D eigenvalue weighted by atomic mass is 16.6. The summed E-state index contributed by atoms with van der Waals surface area (Å²) in [4.78, 5) is 39.6. The molecule has 1 fully saturated rings. The molecular weight excluding hydrogens is 502 g/mol. The lowest BCUT2D eigenvalue weighted by Gasteiger charge is -2.35. The number of benzene rings is 2. The van der Waals surface area contributed by atoms with Crippen LogP contribution in [-0.4, -0.2) is 46.5 Å². The molecule has 0 unspecified atom stereocenters. The third-order valence-electron chi connectivity index (χ3n) is 6.71. The predicted molar refractivity (Wildman–Crippen MR) is 144 cm³/mol. The number of rotatable bonds is 12. The van der Waals surface area contributed by atoms with Crippen LogP contribution >= 0.6 is 0 Å². The van der Waals surface area contributed by atoms with E-state index in [4.69, 9.17) is 24.7 Å². The lowest BCUT2D eigenvalue weighted by Crippen LogP contribution is -2.49. The van der Waals surface area contributed by atoms with E-state index in [1.165, 1.54) is 17.7 Å². The zero-order valence-electron chi connectivity index (χ0n) is 22.2. The quantitative estimate of drug-likeness (QED) is 0.337. The summed E-state index contributed by atoms with van der Waals surface area (Å²) in [6, 6.07) is 19.3. The molecule has 208 valence electrons. The van der Waals surface area contributed by atoms with Gasteiger partial charge in [0.25, 0.3) is 5.56 Å². The van der Waals surface area contributed by atoms with Gasteiger partial charge in [-0.15, -0.1) is 0 Å². The first-order valence-electron chi connectivity index (χ1n) is 13.0. The first kappa shape index (κ1) is 28.4. The van der Waals surface area contributed by atoms with Crippen LogP contribution in [0.15, 0.2) is 76.4 Å². The van der Waals surface area contributed by atoms with Crippen LogP contribution in [0.5, 0.6) is 0 Å². The van der Waals surface area contributed by atoms with Crippen LogP contribution in [0.2, 0.25) is 0 Å². The zero-order chi connectivity index (χ0) is 27.8. The number of aromatic nitrogens is 2. The summed E-state index contributed by atoms with van der Waals surface area (Å²) in [6.45, 7) is 3.88. The molecule has 2 aromatic carbocycles. The van der Waals surface area contributed by atoms with Gasteiger partial charge < -0.3 is 24.7 Å². The van der Waals surface area contributed by atoms with E-state index in [1.54, 1.807) is 6.92 Å². The van der Waals surface area contributed by atoms with Crippen molar-refractivity contribution in [2.45, 2.75) is 63.9 Å². The van der Waals surface area contributed by atoms with E-state index in [1.807, 2.05) is 60.7 Å². The van der Waals surface area contributed by atoms with Gasteiger partial charge in [-0.1, -0.05) is 60.7 Å². The number of ether oxygens (including phenoxy) is 4. The summed E-state index contributed by atoms with van der Waals surface area (Å²) in [7, 11) is 0. The SMILES string of the molecule is CC(=O)O[C@H]1[C@H](n2cc(C)c(=O)[nH]c2=O)O[C@](CCCN)(COCc2ccccc2)[C@H]1OCc1ccccc1. The van der Waals surface area contributed by atoms with Crippen LogP contribution < -0.4 is 17.0 Å². The molecule has 0 radical (unpaired) electrons. The van der Waals surface area contributed by atoms with Crippen molar-refractivity contribution in [2.24, 2.45) is 5.73 Å². The number of nitrogens with zero attached hydrogens (tertiary/aromatic N) is 1. The van der Waals surface area contributed by atoms with Gasteiger partial charge in [-0.3, -0.25) is 19.1 Å². The van der Waals surface area contributed by atoms with Crippen molar-refractivity contribution in [3.8, 4) is 0 Å². The summed E-state index contributed by atoms with van der Waals surface area (Å²) in [5.74, 6) is -0.559. The molecule has 1 aliphatic heterocycles. The van der Waals surface area contributed by atoms with Crippen molar-refractivity contribution >= 4 is 5.97 Å². The minimum Gasteiger partial charge on any atom is -0.455 e. The molecule has 4 rings (SSSR count). The Kier molecular flexibility index (Phi) is 9.47. The maximum Gasteiger partial charge on any atom is 0.330 e. The van der Waals surface area contributed by atoms with Crippen LogP contribution in [0, 0.1) is 6.92 Å². The second kappa shape index (κ2) is 13.0. The molecule has 0 aliphatic carbocycles. The average Bonchev–Trinajstić information content (AvgIpc) is 3.21. The minimum atomic E-state index is -1.11. The highest BCUT2D eigenvalue weighted by molar-refractivity contribution is 5.66. The standard InChI is InChI=1S/C29H35N3O7/c1-20-16-32(28(35)31-26(20)34)27-24(38-21(2)33)25(37-18-23-12-7-4-8-13-23)29(39-27,14-9-15-30)19-36-17-22-10-5-3-6-11-22/h3-8,10-13,16,24-25,27H,9,14-15,17-19,30H2,1-2H3,(H,31,34,35)/t24-,25+,27-,29-/m1/s1. The van der Waals surface area contributed by atoms with Crippen LogP contribution in [-0.2, 0) is 37.0 Å². The van der Waals surface area contributed by atoms with Crippen LogP contribution in [0.4, 0.5) is 0 Å². The lowest BCUT2D eigenvalue weighted by molar-refractivity contribution is -0.162. The number of carbonyl (C=O) groups is 1. The molecule has 0 bridgehead atoms. The minimum absolute atomic E-state index is 0.0900. The molecule has 3 aromatic rings. The van der Waals surface area contributed by atoms with Gasteiger partial charge in [0.05, 0.1) is 19.8 Å². The number of aromatic amines is 1. The molecule has 1 aromatic heterocycles. The Hall–Kier alpha value is -3.57. The molecule has 0 saturated carbocycles. The van der Waals surface area contributed by atoms with E-state index in [-0.39, 0.29) is 13.2 Å². The number of nitrogens with two attached hydrogens (primary N) is 1. The van der Waals surface area contributed by atoms with Crippen LogP contribution in [0.1, 0.15) is 42.7 Å². The normalized spacial score (nSPS) is 22.6. The number of aryl methyl sites for hydroxylation is 1. The van der Waals surface area contributed by atoms with Crippen molar-refractivity contribution in [1.29, 1.82) is 0 Å². The Labute approximate surface area is 226 Å². The number of nitrogens with one attached hydrogen (secondary N) is 1. The van der Waals surface area contributed by atoms with E-state index in [2.05, 4.69) is 4.98 Å². The van der Waals surface area contributed by atoms with Gasteiger partial charge in [0.1, 0.15) is 11.7 Å². The smallest absolute Gasteiger partial charge is 0.330 e. The summed E-state index contributed by atoms with van der Waals surface area (Å²) in [5, 5.41) is 0. The molecule has 1 saturated heterocycles. The van der Waals surface area contributed by atoms with E-state index >= 15 is 0 Å². The fraction of sp³-hybridized carbons (Fsp3) is 0.414. The molecule has 10 nitrogen and oxygen atoms in total. The van der Waals surface area contributed by atoms with Gasteiger partial charge in [0.15, 0.2) is 12.3 Å². The van der Waals surface area contributed by atoms with Gasteiger partial charge in [-0.2, -0.15) is 0 Å². The molecule has 4 atom stereocenters. The van der Waals surface area contributed by atoms with Gasteiger partial charge in [0.2, 0.25) is 0 Å². The summed E-state index contributed by atoms with van der Waals surface area (Å²) >= 11 is 0. The maximum atomic E-state index is 12.9. The Morgan fingerprint density at radius 3 is 2.31 bits per heavy atom. The molecule has 10 heteroatoms. The highest BCUT2D eigenvalue weighted by Gasteiger charge is 2.58. The second-order valence-corrected chi connectivity index (χ2v) is 9.71. The van der Waals surface area contributed by atoms with Crippen molar-refractivity contribution in [3.63, 3.8) is 0 Å². The van der Waals surface area contributed by atoms with Crippen molar-refractivity contribution in [2.75, 3.05) is 13.2 Å². The molecule has 0 amide bonds. The number of hydrogen-bond donors (Lipinski definition) is 2.